The Bertz CT molecular complexity index is 1210. The molecule has 3 aromatic rings. The van der Waals surface area contributed by atoms with E-state index in [-0.39, 0.29) is 16.0 Å². The predicted molar refractivity (Wildman–Crippen MR) is 114 cm³/mol. The molecule has 0 aliphatic heterocycles. The second-order valence-electron chi connectivity index (χ2n) is 6.84. The van der Waals surface area contributed by atoms with E-state index in [1.807, 2.05) is 6.92 Å². The Morgan fingerprint density at radius 2 is 1.58 bits per heavy atom. The minimum absolute atomic E-state index is 0.00899. The second kappa shape index (κ2) is 9.09. The number of hydrogen-bond acceptors (Lipinski definition) is 5. The highest BCUT2D eigenvalue weighted by molar-refractivity contribution is 7.92. The molecule has 0 aliphatic rings. The Kier molecular flexibility index (Phi) is 6.50. The number of halogens is 1. The van der Waals surface area contributed by atoms with Gasteiger partial charge in [-0.15, -0.1) is 0 Å². The van der Waals surface area contributed by atoms with E-state index in [4.69, 9.17) is 4.74 Å². The van der Waals surface area contributed by atoms with E-state index >= 15 is 0 Å². The van der Waals surface area contributed by atoms with Crippen molar-refractivity contribution in [3.63, 3.8) is 0 Å². The Morgan fingerprint density at radius 3 is 2.23 bits per heavy atom. The van der Waals surface area contributed by atoms with Crippen molar-refractivity contribution in [2.75, 3.05) is 18.0 Å². The molecule has 0 N–H and O–H groups in total. The highest BCUT2D eigenvalue weighted by Gasteiger charge is 2.23. The molecule has 0 amide bonds. The third-order valence-electron chi connectivity index (χ3n) is 4.63. The Morgan fingerprint density at radius 1 is 0.935 bits per heavy atom. The Labute approximate surface area is 179 Å². The average molecular weight is 441 g/mol. The van der Waals surface area contributed by atoms with Gasteiger partial charge >= 0.3 is 5.97 Å². The van der Waals surface area contributed by atoms with E-state index in [1.54, 1.807) is 24.3 Å². The topological polar surface area (TPSA) is 80.8 Å². The van der Waals surface area contributed by atoms with Crippen molar-refractivity contribution in [1.82, 2.24) is 0 Å². The molecule has 0 atom stereocenters. The number of ether oxygens (including phenoxy) is 1. The molecule has 0 radical (unpaired) electrons. The lowest BCUT2D eigenvalue weighted by molar-refractivity contribution is 0.0474. The normalized spacial score (nSPS) is 11.1. The number of anilines is 1. The first-order valence-corrected chi connectivity index (χ1v) is 10.7. The molecule has 160 valence electrons. The molecule has 0 saturated carbocycles. The first-order valence-electron chi connectivity index (χ1n) is 9.30. The van der Waals surface area contributed by atoms with Gasteiger partial charge in [-0.2, -0.15) is 0 Å². The zero-order chi connectivity index (χ0) is 22.6. The minimum atomic E-state index is -3.92. The van der Waals surface area contributed by atoms with Crippen LogP contribution in [-0.4, -0.2) is 33.8 Å². The SMILES string of the molecule is Cc1ccc(N(C)S(=O)(=O)c2cccc(C(=O)OCC(=O)c3ccc(F)cc3)c2)cc1. The van der Waals surface area contributed by atoms with E-state index in [0.29, 0.717) is 5.69 Å². The molecular weight excluding hydrogens is 421 g/mol. The summed E-state index contributed by atoms with van der Waals surface area (Å²) in [7, 11) is -2.49. The summed E-state index contributed by atoms with van der Waals surface area (Å²) in [4.78, 5) is 24.3. The number of nitrogens with zero attached hydrogens (tertiary/aromatic N) is 1. The fourth-order valence-corrected chi connectivity index (χ4v) is 4.01. The number of Topliss-reactive ketones (excluding diaryl/α,β-unsaturated/α-hetero) is 1. The maximum atomic E-state index is 13.0. The Hall–Kier alpha value is -3.52. The van der Waals surface area contributed by atoms with Gasteiger partial charge in [-0.05, 0) is 61.5 Å². The van der Waals surface area contributed by atoms with Crippen molar-refractivity contribution in [3.8, 4) is 0 Å². The summed E-state index contributed by atoms with van der Waals surface area (Å²) in [6.07, 6.45) is 0. The monoisotopic (exact) mass is 441 g/mol. The second-order valence-corrected chi connectivity index (χ2v) is 8.81. The number of sulfonamides is 1. The Balaban J connectivity index is 1.74. The zero-order valence-corrected chi connectivity index (χ0v) is 17.7. The van der Waals surface area contributed by atoms with Crippen LogP contribution in [0.4, 0.5) is 10.1 Å². The first-order chi connectivity index (χ1) is 14.7. The van der Waals surface area contributed by atoms with Gasteiger partial charge in [-0.3, -0.25) is 9.10 Å². The molecule has 0 heterocycles. The number of rotatable bonds is 7. The van der Waals surface area contributed by atoms with Gasteiger partial charge in [-0.1, -0.05) is 23.8 Å². The van der Waals surface area contributed by atoms with Gasteiger partial charge in [0.05, 0.1) is 16.1 Å². The predicted octanol–water partition coefficient (Wildman–Crippen LogP) is 4.00. The average Bonchev–Trinajstić information content (AvgIpc) is 2.77. The van der Waals surface area contributed by atoms with Gasteiger partial charge in [0, 0.05) is 12.6 Å². The number of esters is 1. The van der Waals surface area contributed by atoms with Crippen LogP contribution in [0, 0.1) is 12.7 Å². The number of carbonyl (C=O) groups excluding carboxylic acids is 2. The number of benzene rings is 3. The molecule has 3 rings (SSSR count). The van der Waals surface area contributed by atoms with Gasteiger partial charge in [0.1, 0.15) is 5.82 Å². The molecule has 8 heteroatoms. The van der Waals surface area contributed by atoms with Crippen LogP contribution >= 0.6 is 0 Å². The van der Waals surface area contributed by atoms with E-state index in [9.17, 15) is 22.4 Å². The van der Waals surface area contributed by atoms with Gasteiger partial charge in [0.25, 0.3) is 10.0 Å². The molecule has 0 aromatic heterocycles. The molecule has 31 heavy (non-hydrogen) atoms. The smallest absolute Gasteiger partial charge is 0.338 e. The van der Waals surface area contributed by atoms with Gasteiger partial charge in [-0.25, -0.2) is 17.6 Å². The van der Waals surface area contributed by atoms with Crippen LogP contribution in [0.25, 0.3) is 0 Å². The third-order valence-corrected chi connectivity index (χ3v) is 6.41. The van der Waals surface area contributed by atoms with Crippen LogP contribution in [0.1, 0.15) is 26.3 Å². The van der Waals surface area contributed by atoms with Crippen molar-refractivity contribution >= 4 is 27.5 Å². The molecule has 0 unspecified atom stereocenters. The highest BCUT2D eigenvalue weighted by Crippen LogP contribution is 2.23. The zero-order valence-electron chi connectivity index (χ0n) is 16.9. The fourth-order valence-electron chi connectivity index (χ4n) is 2.77. The largest absolute Gasteiger partial charge is 0.454 e. The summed E-state index contributed by atoms with van der Waals surface area (Å²) in [6.45, 7) is 1.35. The van der Waals surface area contributed by atoms with E-state index in [2.05, 4.69) is 0 Å². The summed E-state index contributed by atoms with van der Waals surface area (Å²) in [6, 6.07) is 17.2. The number of carbonyl (C=O) groups is 2. The molecule has 0 saturated heterocycles. The van der Waals surface area contributed by atoms with Gasteiger partial charge in [0.2, 0.25) is 0 Å². The van der Waals surface area contributed by atoms with E-state index in [0.717, 1.165) is 22.0 Å². The molecule has 6 nitrogen and oxygen atoms in total. The summed E-state index contributed by atoms with van der Waals surface area (Å²) >= 11 is 0. The van der Waals surface area contributed by atoms with Crippen molar-refractivity contribution in [1.29, 1.82) is 0 Å². The molecule has 0 bridgehead atoms. The highest BCUT2D eigenvalue weighted by atomic mass is 32.2. The standard InChI is InChI=1S/C23H20FNO5S/c1-16-6-12-20(13-7-16)25(2)31(28,29)21-5-3-4-18(14-21)23(27)30-15-22(26)17-8-10-19(24)11-9-17/h3-14H,15H2,1-2H3. The van der Waals surface area contributed by atoms with Gasteiger partial charge in [0.15, 0.2) is 12.4 Å². The minimum Gasteiger partial charge on any atom is -0.454 e. The molecule has 3 aromatic carbocycles. The van der Waals surface area contributed by atoms with Crippen LogP contribution in [0.15, 0.2) is 77.7 Å². The van der Waals surface area contributed by atoms with E-state index < -0.39 is 34.2 Å². The van der Waals surface area contributed by atoms with Crippen molar-refractivity contribution in [3.05, 3.63) is 95.3 Å². The quantitative estimate of drug-likeness (QED) is 0.409. The lowest BCUT2D eigenvalue weighted by Crippen LogP contribution is -2.26. The third kappa shape index (κ3) is 5.16. The van der Waals surface area contributed by atoms with Gasteiger partial charge < -0.3 is 4.74 Å². The lowest BCUT2D eigenvalue weighted by atomic mass is 10.1. The van der Waals surface area contributed by atoms with Crippen molar-refractivity contribution in [2.24, 2.45) is 0 Å². The maximum Gasteiger partial charge on any atom is 0.338 e. The van der Waals surface area contributed by atoms with E-state index in [1.165, 1.54) is 43.4 Å². The summed E-state index contributed by atoms with van der Waals surface area (Å²) < 4.78 is 45.0. The number of aryl methyl sites for hydroxylation is 1. The fraction of sp³-hybridized carbons (Fsp3) is 0.130. The number of hydrogen-bond donors (Lipinski definition) is 0. The number of ketones is 1. The molecule has 0 spiro atoms. The summed E-state index contributed by atoms with van der Waals surface area (Å²) in [5.74, 6) is -1.83. The van der Waals surface area contributed by atoms with Crippen molar-refractivity contribution < 1.29 is 27.1 Å². The lowest BCUT2D eigenvalue weighted by Gasteiger charge is -2.20. The maximum absolute atomic E-state index is 13.0. The van der Waals surface area contributed by atoms with Crippen molar-refractivity contribution in [2.45, 2.75) is 11.8 Å². The molecular formula is C23H20FNO5S. The van der Waals surface area contributed by atoms with Crippen LogP contribution in [0.3, 0.4) is 0 Å². The van der Waals surface area contributed by atoms with Crippen LogP contribution in [0.2, 0.25) is 0 Å². The summed E-state index contributed by atoms with van der Waals surface area (Å²) in [5.41, 5.74) is 1.66. The molecule has 0 fully saturated rings. The first kappa shape index (κ1) is 22.2. The van der Waals surface area contributed by atoms with Crippen LogP contribution in [-0.2, 0) is 14.8 Å². The summed E-state index contributed by atoms with van der Waals surface area (Å²) in [5, 5.41) is 0. The van der Waals surface area contributed by atoms with Crippen LogP contribution in [0.5, 0.6) is 0 Å². The molecule has 0 aliphatic carbocycles. The van der Waals surface area contributed by atoms with Crippen LogP contribution < -0.4 is 4.31 Å².